The maximum absolute atomic E-state index is 6.05. The van der Waals surface area contributed by atoms with Crippen LogP contribution in [0.3, 0.4) is 0 Å². The number of benzene rings is 1. The van der Waals surface area contributed by atoms with E-state index in [1.807, 2.05) is 55.5 Å². The molecule has 0 unspecified atom stereocenters. The number of fused-ring (bicyclic) bond motifs is 1. The third kappa shape index (κ3) is 2.79. The minimum absolute atomic E-state index is 0.391. The van der Waals surface area contributed by atoms with Gasteiger partial charge in [0.25, 0.3) is 0 Å². The average molecular weight is 347 g/mol. The van der Waals surface area contributed by atoms with Gasteiger partial charge in [0.1, 0.15) is 17.6 Å². The topological polar surface area (TPSA) is 87.6 Å². The van der Waals surface area contributed by atoms with Crippen LogP contribution in [0.25, 0.3) is 16.6 Å². The van der Waals surface area contributed by atoms with Crippen molar-refractivity contribution in [2.45, 2.75) is 6.92 Å². The summed E-state index contributed by atoms with van der Waals surface area (Å²) in [4.78, 5) is 8.42. The SMILES string of the molecule is COc1cc(-c2ccc(Oc3cccc(C)n3)cc2)c2c(N)ncnn12. The van der Waals surface area contributed by atoms with Gasteiger partial charge in [-0.3, -0.25) is 0 Å². The van der Waals surface area contributed by atoms with Crippen LogP contribution in [0.1, 0.15) is 5.69 Å². The molecule has 130 valence electrons. The molecule has 0 aliphatic heterocycles. The molecule has 4 rings (SSSR count). The lowest BCUT2D eigenvalue weighted by molar-refractivity contribution is 0.387. The molecule has 0 radical (unpaired) electrons. The van der Waals surface area contributed by atoms with Crippen LogP contribution in [0.5, 0.6) is 17.5 Å². The van der Waals surface area contributed by atoms with E-state index in [0.29, 0.717) is 28.8 Å². The molecule has 3 aromatic heterocycles. The summed E-state index contributed by atoms with van der Waals surface area (Å²) >= 11 is 0. The maximum atomic E-state index is 6.05. The second-order valence-corrected chi connectivity index (χ2v) is 5.75. The summed E-state index contributed by atoms with van der Waals surface area (Å²) < 4.78 is 12.8. The predicted molar refractivity (Wildman–Crippen MR) is 98.4 cm³/mol. The molecular weight excluding hydrogens is 330 g/mol. The molecular formula is C19H17N5O2. The van der Waals surface area contributed by atoms with E-state index in [4.69, 9.17) is 15.2 Å². The highest BCUT2D eigenvalue weighted by Gasteiger charge is 2.15. The zero-order chi connectivity index (χ0) is 18.1. The number of anilines is 1. The highest BCUT2D eigenvalue weighted by atomic mass is 16.5. The first-order chi connectivity index (χ1) is 12.7. The van der Waals surface area contributed by atoms with Crippen LogP contribution in [0, 0.1) is 6.92 Å². The predicted octanol–water partition coefficient (Wildman–Crippen LogP) is 3.48. The molecule has 0 saturated heterocycles. The van der Waals surface area contributed by atoms with Gasteiger partial charge in [0.2, 0.25) is 11.8 Å². The number of ether oxygens (including phenoxy) is 2. The lowest BCUT2D eigenvalue weighted by Gasteiger charge is -2.07. The van der Waals surface area contributed by atoms with Crippen LogP contribution in [-0.2, 0) is 0 Å². The monoisotopic (exact) mass is 347 g/mol. The third-order valence-corrected chi connectivity index (χ3v) is 4.01. The molecule has 0 aliphatic carbocycles. The molecule has 0 amide bonds. The molecule has 0 bridgehead atoms. The zero-order valence-electron chi connectivity index (χ0n) is 14.4. The van der Waals surface area contributed by atoms with Crippen molar-refractivity contribution in [3.8, 4) is 28.6 Å². The van der Waals surface area contributed by atoms with E-state index in [2.05, 4.69) is 15.1 Å². The number of nitrogen functional groups attached to an aromatic ring is 1. The van der Waals surface area contributed by atoms with Gasteiger partial charge in [-0.15, -0.1) is 0 Å². The van der Waals surface area contributed by atoms with Crippen LogP contribution in [0.15, 0.2) is 54.9 Å². The summed E-state index contributed by atoms with van der Waals surface area (Å²) in [6.45, 7) is 1.92. The Morgan fingerprint density at radius 3 is 2.62 bits per heavy atom. The van der Waals surface area contributed by atoms with Gasteiger partial charge in [-0.2, -0.15) is 9.61 Å². The number of nitrogens with zero attached hydrogens (tertiary/aromatic N) is 4. The smallest absolute Gasteiger partial charge is 0.219 e. The van der Waals surface area contributed by atoms with Gasteiger partial charge in [-0.1, -0.05) is 18.2 Å². The minimum atomic E-state index is 0.391. The first-order valence-electron chi connectivity index (χ1n) is 8.04. The zero-order valence-corrected chi connectivity index (χ0v) is 14.4. The van der Waals surface area contributed by atoms with Crippen molar-refractivity contribution in [1.29, 1.82) is 0 Å². The van der Waals surface area contributed by atoms with Crippen LogP contribution < -0.4 is 15.2 Å². The van der Waals surface area contributed by atoms with E-state index in [1.165, 1.54) is 6.33 Å². The molecule has 3 heterocycles. The van der Waals surface area contributed by atoms with E-state index >= 15 is 0 Å². The van der Waals surface area contributed by atoms with Crippen molar-refractivity contribution in [3.05, 3.63) is 60.6 Å². The van der Waals surface area contributed by atoms with E-state index in [1.54, 1.807) is 11.6 Å². The maximum Gasteiger partial charge on any atom is 0.219 e. The van der Waals surface area contributed by atoms with E-state index < -0.39 is 0 Å². The van der Waals surface area contributed by atoms with Crippen LogP contribution in [0.4, 0.5) is 5.82 Å². The number of aryl methyl sites for hydroxylation is 1. The van der Waals surface area contributed by atoms with Gasteiger partial charge in [0, 0.05) is 23.4 Å². The van der Waals surface area contributed by atoms with E-state index in [-0.39, 0.29) is 0 Å². The first kappa shape index (κ1) is 15.9. The fraction of sp³-hybridized carbons (Fsp3) is 0.105. The second-order valence-electron chi connectivity index (χ2n) is 5.75. The largest absolute Gasteiger partial charge is 0.481 e. The van der Waals surface area contributed by atoms with Crippen LogP contribution in [-0.4, -0.2) is 26.7 Å². The number of hydrogen-bond donors (Lipinski definition) is 1. The number of pyridine rings is 1. The highest BCUT2D eigenvalue weighted by molar-refractivity contribution is 5.89. The van der Waals surface area contributed by atoms with Gasteiger partial charge in [-0.05, 0) is 30.7 Å². The van der Waals surface area contributed by atoms with Gasteiger partial charge in [0.05, 0.1) is 7.11 Å². The van der Waals surface area contributed by atoms with E-state index in [9.17, 15) is 0 Å². The highest BCUT2D eigenvalue weighted by Crippen LogP contribution is 2.34. The molecule has 0 saturated carbocycles. The van der Waals surface area contributed by atoms with Gasteiger partial charge in [0.15, 0.2) is 5.82 Å². The summed E-state index contributed by atoms with van der Waals surface area (Å²) in [6, 6.07) is 15.2. The van der Waals surface area contributed by atoms with Crippen molar-refractivity contribution in [2.24, 2.45) is 0 Å². The van der Waals surface area contributed by atoms with Crippen molar-refractivity contribution in [1.82, 2.24) is 19.6 Å². The fourth-order valence-corrected chi connectivity index (χ4v) is 2.80. The standard InChI is InChI=1S/C19H17N5O2/c1-12-4-3-5-16(23-12)26-14-8-6-13(7-9-14)15-10-17(25-2)24-18(15)19(20)21-11-22-24/h3-11H,1-2H3,(H2,20,21,22). The molecule has 2 N–H and O–H groups in total. The Morgan fingerprint density at radius 2 is 1.88 bits per heavy atom. The Hall–Kier alpha value is -3.61. The average Bonchev–Trinajstić information content (AvgIpc) is 3.03. The van der Waals surface area contributed by atoms with E-state index in [0.717, 1.165) is 16.8 Å². The number of nitrogens with two attached hydrogens (primary N) is 1. The van der Waals surface area contributed by atoms with Gasteiger partial charge < -0.3 is 15.2 Å². The van der Waals surface area contributed by atoms with Crippen LogP contribution in [0.2, 0.25) is 0 Å². The Balaban J connectivity index is 1.70. The Kier molecular flexibility index (Phi) is 3.89. The molecule has 7 heteroatoms. The molecule has 0 aliphatic rings. The van der Waals surface area contributed by atoms with Crippen molar-refractivity contribution < 1.29 is 9.47 Å². The molecule has 1 aromatic carbocycles. The quantitative estimate of drug-likeness (QED) is 0.608. The van der Waals surface area contributed by atoms with Crippen LogP contribution >= 0.6 is 0 Å². The summed E-state index contributed by atoms with van der Waals surface area (Å²) in [5, 5.41) is 4.21. The molecule has 0 fully saturated rings. The Labute approximate surface area is 150 Å². The third-order valence-electron chi connectivity index (χ3n) is 4.01. The molecule has 7 nitrogen and oxygen atoms in total. The molecule has 4 aromatic rings. The van der Waals surface area contributed by atoms with Crippen molar-refractivity contribution in [2.75, 3.05) is 12.8 Å². The fourth-order valence-electron chi connectivity index (χ4n) is 2.80. The molecule has 0 spiro atoms. The number of methoxy groups -OCH3 is 1. The number of hydrogen-bond acceptors (Lipinski definition) is 6. The van der Waals surface area contributed by atoms with Gasteiger partial charge >= 0.3 is 0 Å². The summed E-state index contributed by atoms with van der Waals surface area (Å²) in [5.41, 5.74) is 9.50. The summed E-state index contributed by atoms with van der Waals surface area (Å²) in [5.74, 6) is 2.24. The molecule has 0 atom stereocenters. The first-order valence-corrected chi connectivity index (χ1v) is 8.04. The van der Waals surface area contributed by atoms with Gasteiger partial charge in [-0.25, -0.2) is 9.97 Å². The van der Waals surface area contributed by atoms with Crippen molar-refractivity contribution in [3.63, 3.8) is 0 Å². The summed E-state index contributed by atoms with van der Waals surface area (Å²) in [6.07, 6.45) is 1.40. The minimum Gasteiger partial charge on any atom is -0.481 e. The van der Waals surface area contributed by atoms with Crippen molar-refractivity contribution >= 4 is 11.3 Å². The second kappa shape index (κ2) is 6.36. The normalized spacial score (nSPS) is 10.8. The molecule has 26 heavy (non-hydrogen) atoms. The Morgan fingerprint density at radius 1 is 1.08 bits per heavy atom. The lowest BCUT2D eigenvalue weighted by Crippen LogP contribution is -2.00. The Bertz CT molecular complexity index is 1070. The number of rotatable bonds is 4. The number of aromatic nitrogens is 4. The lowest BCUT2D eigenvalue weighted by atomic mass is 10.1. The summed E-state index contributed by atoms with van der Waals surface area (Å²) in [7, 11) is 1.59.